The van der Waals surface area contributed by atoms with E-state index in [0.29, 0.717) is 0 Å². The quantitative estimate of drug-likeness (QED) is 0.174. The molecule has 0 bridgehead atoms. The van der Waals surface area contributed by atoms with Crippen LogP contribution >= 0.6 is 0 Å². The highest BCUT2D eigenvalue weighted by molar-refractivity contribution is 5.84. The van der Waals surface area contributed by atoms with E-state index in [1.807, 2.05) is 0 Å². The standard InChI is InChI=1S/C39H40N4/c1-29-25-30(2)39(31(3)26-29)32-19-21-34(22-20-32)43-28-41(36-16-8-10-18-38(36)43)24-12-11-23-40-27-42(33-13-5-4-6-14-33)37-17-9-7-15-35(37)40/h4-10,13-22,25-26H,11-12,23-24,27-28H2,1-3H3. The minimum absolute atomic E-state index is 0.885. The molecular formula is C39H40N4. The topological polar surface area (TPSA) is 13.0 Å². The number of unbranched alkanes of at least 4 members (excludes halogenated alkanes) is 1. The lowest BCUT2D eigenvalue weighted by atomic mass is 9.94. The maximum atomic E-state index is 2.55. The Morgan fingerprint density at radius 1 is 0.488 bits per heavy atom. The molecule has 2 heterocycles. The highest BCUT2D eigenvalue weighted by atomic mass is 15.4. The van der Waals surface area contributed by atoms with Crippen molar-refractivity contribution in [1.82, 2.24) is 0 Å². The van der Waals surface area contributed by atoms with E-state index >= 15 is 0 Å². The number of hydrogen-bond donors (Lipinski definition) is 0. The van der Waals surface area contributed by atoms with Gasteiger partial charge in [-0.05, 0) is 104 Å². The first-order valence-corrected chi connectivity index (χ1v) is 15.5. The molecule has 0 aromatic heterocycles. The van der Waals surface area contributed by atoms with Crippen LogP contribution in [0.25, 0.3) is 11.1 Å². The van der Waals surface area contributed by atoms with Crippen LogP contribution in [0, 0.1) is 20.8 Å². The fourth-order valence-electron chi connectivity index (χ4n) is 7.05. The molecule has 4 heteroatoms. The largest absolute Gasteiger partial charge is 0.352 e. The third-order valence-corrected chi connectivity index (χ3v) is 8.97. The summed E-state index contributed by atoms with van der Waals surface area (Å²) in [5.41, 5.74) is 14.4. The fraction of sp³-hybridized carbons (Fsp3) is 0.231. The smallest absolute Gasteiger partial charge is 0.0953 e. The first-order chi connectivity index (χ1) is 21.1. The van der Waals surface area contributed by atoms with Gasteiger partial charge in [-0.2, -0.15) is 0 Å². The van der Waals surface area contributed by atoms with Crippen molar-refractivity contribution in [3.05, 3.63) is 132 Å². The van der Waals surface area contributed by atoms with E-state index in [4.69, 9.17) is 0 Å². The molecule has 0 unspecified atom stereocenters. The van der Waals surface area contributed by atoms with Gasteiger partial charge in [0.05, 0.1) is 36.1 Å². The van der Waals surface area contributed by atoms with Crippen LogP contribution in [0.2, 0.25) is 0 Å². The summed E-state index contributed by atoms with van der Waals surface area (Å²) in [4.78, 5) is 9.97. The van der Waals surface area contributed by atoms with Crippen LogP contribution < -0.4 is 19.6 Å². The van der Waals surface area contributed by atoms with Crippen molar-refractivity contribution in [1.29, 1.82) is 0 Å². The molecule has 5 aromatic carbocycles. The molecule has 0 atom stereocenters. The lowest BCUT2D eigenvalue weighted by Crippen LogP contribution is -2.31. The highest BCUT2D eigenvalue weighted by Gasteiger charge is 2.28. The zero-order chi connectivity index (χ0) is 29.3. The van der Waals surface area contributed by atoms with Crippen molar-refractivity contribution < 1.29 is 0 Å². The van der Waals surface area contributed by atoms with Gasteiger partial charge in [-0.3, -0.25) is 0 Å². The molecule has 0 spiro atoms. The van der Waals surface area contributed by atoms with Gasteiger partial charge in [0.2, 0.25) is 0 Å². The van der Waals surface area contributed by atoms with Gasteiger partial charge in [-0.25, -0.2) is 0 Å². The first-order valence-electron chi connectivity index (χ1n) is 15.5. The van der Waals surface area contributed by atoms with Crippen molar-refractivity contribution in [2.75, 3.05) is 46.0 Å². The number of rotatable bonds is 8. The Labute approximate surface area is 256 Å². The minimum Gasteiger partial charge on any atom is -0.352 e. The lowest BCUT2D eigenvalue weighted by molar-refractivity contribution is 0.678. The van der Waals surface area contributed by atoms with Crippen molar-refractivity contribution in [2.45, 2.75) is 33.6 Å². The third-order valence-electron chi connectivity index (χ3n) is 8.97. The lowest BCUT2D eigenvalue weighted by Gasteiger charge is -2.24. The summed E-state index contributed by atoms with van der Waals surface area (Å²) in [5, 5.41) is 0. The van der Waals surface area contributed by atoms with E-state index in [2.05, 4.69) is 156 Å². The Balaban J connectivity index is 1.01. The van der Waals surface area contributed by atoms with E-state index in [1.165, 1.54) is 61.9 Å². The van der Waals surface area contributed by atoms with Crippen LogP contribution in [0.3, 0.4) is 0 Å². The van der Waals surface area contributed by atoms with Crippen molar-refractivity contribution in [3.8, 4) is 11.1 Å². The molecule has 43 heavy (non-hydrogen) atoms. The summed E-state index contributed by atoms with van der Waals surface area (Å²) >= 11 is 0. The predicted octanol–water partition coefficient (Wildman–Crippen LogP) is 9.59. The molecule has 0 N–H and O–H groups in total. The molecule has 0 amide bonds. The van der Waals surface area contributed by atoms with Gasteiger partial charge in [0.15, 0.2) is 0 Å². The van der Waals surface area contributed by atoms with Gasteiger partial charge in [0, 0.05) is 24.5 Å². The van der Waals surface area contributed by atoms with Gasteiger partial charge in [0.1, 0.15) is 0 Å². The second-order valence-corrected chi connectivity index (χ2v) is 12.0. The summed E-state index contributed by atoms with van der Waals surface area (Å²) < 4.78 is 0. The van der Waals surface area contributed by atoms with Crippen LogP contribution in [0.5, 0.6) is 0 Å². The van der Waals surface area contributed by atoms with Gasteiger partial charge >= 0.3 is 0 Å². The van der Waals surface area contributed by atoms with Crippen LogP contribution in [-0.4, -0.2) is 26.4 Å². The number of nitrogens with zero attached hydrogens (tertiary/aromatic N) is 4. The maximum absolute atomic E-state index is 2.55. The third kappa shape index (κ3) is 5.23. The second kappa shape index (κ2) is 11.5. The summed E-state index contributed by atoms with van der Waals surface area (Å²) in [6, 6.07) is 42.1. The van der Waals surface area contributed by atoms with E-state index in [-0.39, 0.29) is 0 Å². The Morgan fingerprint density at radius 3 is 1.44 bits per heavy atom. The molecule has 0 fully saturated rings. The number of fused-ring (bicyclic) bond motifs is 2. The summed E-state index contributed by atoms with van der Waals surface area (Å²) in [6.07, 6.45) is 2.30. The molecule has 7 rings (SSSR count). The Hall–Kier alpha value is -4.70. The second-order valence-electron chi connectivity index (χ2n) is 12.0. The monoisotopic (exact) mass is 564 g/mol. The van der Waals surface area contributed by atoms with Gasteiger partial charge < -0.3 is 19.6 Å². The number of para-hydroxylation sites is 5. The molecular weight excluding hydrogens is 524 g/mol. The average molecular weight is 565 g/mol. The predicted molar refractivity (Wildman–Crippen MR) is 183 cm³/mol. The molecule has 216 valence electrons. The van der Waals surface area contributed by atoms with Crippen molar-refractivity contribution in [2.24, 2.45) is 0 Å². The minimum atomic E-state index is 0.885. The Bertz CT molecular complexity index is 1700. The summed E-state index contributed by atoms with van der Waals surface area (Å²) in [7, 11) is 0. The van der Waals surface area contributed by atoms with Crippen LogP contribution in [0.1, 0.15) is 29.5 Å². The number of aryl methyl sites for hydroxylation is 3. The van der Waals surface area contributed by atoms with E-state index in [0.717, 1.165) is 39.3 Å². The summed E-state index contributed by atoms with van der Waals surface area (Å²) in [6.45, 7) is 10.5. The molecule has 0 saturated heterocycles. The number of benzene rings is 5. The molecule has 0 aliphatic carbocycles. The average Bonchev–Trinajstić information content (AvgIpc) is 3.58. The first kappa shape index (κ1) is 27.2. The molecule has 0 radical (unpaired) electrons. The van der Waals surface area contributed by atoms with Gasteiger partial charge in [-0.15, -0.1) is 0 Å². The van der Waals surface area contributed by atoms with Gasteiger partial charge in [-0.1, -0.05) is 72.3 Å². The van der Waals surface area contributed by atoms with Crippen LogP contribution in [-0.2, 0) is 0 Å². The molecule has 4 nitrogen and oxygen atoms in total. The van der Waals surface area contributed by atoms with E-state index in [9.17, 15) is 0 Å². The van der Waals surface area contributed by atoms with Crippen LogP contribution in [0.4, 0.5) is 34.1 Å². The zero-order valence-electron chi connectivity index (χ0n) is 25.5. The van der Waals surface area contributed by atoms with E-state index < -0.39 is 0 Å². The Kier molecular flexibility index (Phi) is 7.28. The Morgan fingerprint density at radius 2 is 0.930 bits per heavy atom. The van der Waals surface area contributed by atoms with E-state index in [1.54, 1.807) is 0 Å². The van der Waals surface area contributed by atoms with Gasteiger partial charge in [0.25, 0.3) is 0 Å². The number of hydrogen-bond acceptors (Lipinski definition) is 4. The van der Waals surface area contributed by atoms with Crippen LogP contribution in [0.15, 0.2) is 115 Å². The summed E-state index contributed by atoms with van der Waals surface area (Å²) in [5.74, 6) is 0. The SMILES string of the molecule is Cc1cc(C)c(-c2ccc(N3CN(CCCCN4CN(c5ccccc5)c5ccccc54)c4ccccc43)cc2)c(C)c1. The van der Waals surface area contributed by atoms with Crippen molar-refractivity contribution >= 4 is 34.1 Å². The maximum Gasteiger partial charge on any atom is 0.0953 e. The molecule has 5 aromatic rings. The highest BCUT2D eigenvalue weighted by Crippen LogP contribution is 2.42. The fourth-order valence-corrected chi connectivity index (χ4v) is 7.05. The zero-order valence-corrected chi connectivity index (χ0v) is 25.5. The molecule has 2 aliphatic heterocycles. The number of anilines is 6. The normalized spacial score (nSPS) is 13.9. The van der Waals surface area contributed by atoms with Crippen molar-refractivity contribution in [3.63, 3.8) is 0 Å². The molecule has 0 saturated carbocycles. The molecule has 2 aliphatic rings.